The largest absolute Gasteiger partial charge is 0.330 e. The summed E-state index contributed by atoms with van der Waals surface area (Å²) in [7, 11) is 1.98. The number of rotatable bonds is 5. The highest BCUT2D eigenvalue weighted by Gasteiger charge is 2.09. The Kier molecular flexibility index (Phi) is 8.80. The number of nitrogens with two attached hydrogens (primary N) is 1. The van der Waals surface area contributed by atoms with Crippen LogP contribution >= 0.6 is 36.6 Å². The van der Waals surface area contributed by atoms with Gasteiger partial charge in [0.1, 0.15) is 5.82 Å². The van der Waals surface area contributed by atoms with Crippen LogP contribution in [0, 0.1) is 6.92 Å². The van der Waals surface area contributed by atoms with E-state index in [2.05, 4.69) is 21.2 Å². The van der Waals surface area contributed by atoms with E-state index in [0.29, 0.717) is 6.54 Å². The first kappa shape index (κ1) is 19.2. The topological polar surface area (TPSA) is 69.6 Å². The maximum Gasteiger partial charge on any atom is 0.191 e. The molecule has 2 aromatic rings. The molecule has 5 nitrogen and oxygen atoms in total. The molecule has 8 heteroatoms. The van der Waals surface area contributed by atoms with E-state index in [1.165, 1.54) is 5.56 Å². The standard InChI is InChI=1S/C12H17N5S.2ClH/c1-9-10(4-3-7-14-9)8-18-12-16-15-11(5-6-13)17(12)2;;/h3-4,7H,5-6,8,13H2,1-2H3;2*1H. The number of thioether (sulfide) groups is 1. The molecular weight excluding hydrogens is 317 g/mol. The highest BCUT2D eigenvalue weighted by molar-refractivity contribution is 7.98. The van der Waals surface area contributed by atoms with Crippen LogP contribution in [-0.4, -0.2) is 26.3 Å². The lowest BCUT2D eigenvalue weighted by molar-refractivity contribution is 0.727. The maximum absolute atomic E-state index is 5.53. The van der Waals surface area contributed by atoms with E-state index in [0.717, 1.165) is 28.8 Å². The molecule has 0 bridgehead atoms. The molecule has 2 heterocycles. The van der Waals surface area contributed by atoms with Crippen molar-refractivity contribution in [3.63, 3.8) is 0 Å². The third kappa shape index (κ3) is 4.63. The number of nitrogens with zero attached hydrogens (tertiary/aromatic N) is 4. The average molecular weight is 336 g/mol. The Balaban J connectivity index is 0.00000180. The quantitative estimate of drug-likeness (QED) is 0.848. The van der Waals surface area contributed by atoms with Crippen LogP contribution in [0.1, 0.15) is 17.1 Å². The monoisotopic (exact) mass is 335 g/mol. The summed E-state index contributed by atoms with van der Waals surface area (Å²) in [5.74, 6) is 1.79. The first-order valence-corrected chi connectivity index (χ1v) is 6.82. The van der Waals surface area contributed by atoms with Crippen LogP contribution in [0.5, 0.6) is 0 Å². The molecule has 20 heavy (non-hydrogen) atoms. The molecule has 0 atom stereocenters. The van der Waals surface area contributed by atoms with Gasteiger partial charge in [0, 0.05) is 31.1 Å². The second-order valence-corrected chi connectivity index (χ2v) is 4.98. The van der Waals surface area contributed by atoms with Crippen LogP contribution in [0.4, 0.5) is 0 Å². The van der Waals surface area contributed by atoms with Gasteiger partial charge in [0.05, 0.1) is 0 Å². The molecule has 0 aliphatic carbocycles. The fourth-order valence-electron chi connectivity index (χ4n) is 1.63. The zero-order valence-electron chi connectivity index (χ0n) is 11.4. The van der Waals surface area contributed by atoms with E-state index < -0.39 is 0 Å². The number of hydrogen-bond acceptors (Lipinski definition) is 5. The first-order valence-electron chi connectivity index (χ1n) is 5.84. The third-order valence-corrected chi connectivity index (χ3v) is 3.84. The van der Waals surface area contributed by atoms with Crippen molar-refractivity contribution in [2.24, 2.45) is 12.8 Å². The molecule has 112 valence electrons. The Labute approximate surface area is 135 Å². The highest BCUT2D eigenvalue weighted by atomic mass is 35.5. The predicted molar refractivity (Wildman–Crippen MR) is 86.8 cm³/mol. The van der Waals surface area contributed by atoms with Crippen LogP contribution in [0.3, 0.4) is 0 Å². The van der Waals surface area contributed by atoms with Crippen LogP contribution in [-0.2, 0) is 19.2 Å². The number of aryl methyl sites for hydroxylation is 1. The Bertz CT molecular complexity index is 532. The minimum absolute atomic E-state index is 0. The minimum Gasteiger partial charge on any atom is -0.330 e. The van der Waals surface area contributed by atoms with E-state index >= 15 is 0 Å². The maximum atomic E-state index is 5.53. The van der Waals surface area contributed by atoms with Gasteiger partial charge in [-0.05, 0) is 25.1 Å². The van der Waals surface area contributed by atoms with E-state index in [1.54, 1.807) is 11.8 Å². The van der Waals surface area contributed by atoms with Crippen molar-refractivity contribution in [2.75, 3.05) is 6.54 Å². The third-order valence-electron chi connectivity index (χ3n) is 2.77. The molecule has 0 fully saturated rings. The molecule has 2 rings (SSSR count). The molecular formula is C12H19Cl2N5S. The molecule has 0 saturated heterocycles. The molecule has 0 aromatic carbocycles. The van der Waals surface area contributed by atoms with Gasteiger partial charge in [0.2, 0.25) is 0 Å². The van der Waals surface area contributed by atoms with E-state index in [-0.39, 0.29) is 24.8 Å². The van der Waals surface area contributed by atoms with Gasteiger partial charge in [-0.25, -0.2) is 0 Å². The van der Waals surface area contributed by atoms with Crippen LogP contribution < -0.4 is 5.73 Å². The summed E-state index contributed by atoms with van der Waals surface area (Å²) >= 11 is 1.67. The van der Waals surface area contributed by atoms with Crippen molar-refractivity contribution in [2.45, 2.75) is 24.3 Å². The number of hydrogen-bond donors (Lipinski definition) is 1. The van der Waals surface area contributed by atoms with Gasteiger partial charge in [0.25, 0.3) is 0 Å². The van der Waals surface area contributed by atoms with Crippen molar-refractivity contribution < 1.29 is 0 Å². The zero-order chi connectivity index (χ0) is 13.0. The Morgan fingerprint density at radius 1 is 1.30 bits per heavy atom. The first-order chi connectivity index (χ1) is 8.72. The van der Waals surface area contributed by atoms with Gasteiger partial charge in [-0.3, -0.25) is 4.98 Å². The van der Waals surface area contributed by atoms with Gasteiger partial charge in [-0.15, -0.1) is 35.0 Å². The predicted octanol–water partition coefficient (Wildman–Crippen LogP) is 2.16. The SMILES string of the molecule is Cc1ncccc1CSc1nnc(CCN)n1C.Cl.Cl. The highest BCUT2D eigenvalue weighted by Crippen LogP contribution is 2.22. The molecule has 0 amide bonds. The smallest absolute Gasteiger partial charge is 0.191 e. The molecule has 0 aliphatic heterocycles. The van der Waals surface area contributed by atoms with Crippen molar-refractivity contribution >= 4 is 36.6 Å². The lowest BCUT2D eigenvalue weighted by Crippen LogP contribution is -2.08. The molecule has 0 radical (unpaired) electrons. The lowest BCUT2D eigenvalue weighted by Gasteiger charge is -2.04. The normalized spacial score (nSPS) is 9.75. The molecule has 0 spiro atoms. The molecule has 2 aromatic heterocycles. The van der Waals surface area contributed by atoms with Crippen molar-refractivity contribution in [3.8, 4) is 0 Å². The Morgan fingerprint density at radius 3 is 2.70 bits per heavy atom. The fourth-order valence-corrected chi connectivity index (χ4v) is 2.62. The van der Waals surface area contributed by atoms with Gasteiger partial charge in [-0.2, -0.15) is 0 Å². The van der Waals surface area contributed by atoms with Gasteiger partial charge < -0.3 is 10.3 Å². The molecule has 0 aliphatic rings. The molecule has 2 N–H and O–H groups in total. The molecule has 0 unspecified atom stereocenters. The Hall–Kier alpha value is -0.820. The van der Waals surface area contributed by atoms with Crippen LogP contribution in [0.15, 0.2) is 23.5 Å². The van der Waals surface area contributed by atoms with Gasteiger partial charge in [-0.1, -0.05) is 17.8 Å². The summed E-state index contributed by atoms with van der Waals surface area (Å²) in [6, 6.07) is 4.05. The summed E-state index contributed by atoms with van der Waals surface area (Å²) < 4.78 is 2.00. The fraction of sp³-hybridized carbons (Fsp3) is 0.417. The second kappa shape index (κ2) is 9.18. The van der Waals surface area contributed by atoms with Crippen LogP contribution in [0.25, 0.3) is 0 Å². The van der Waals surface area contributed by atoms with E-state index in [1.807, 2.05) is 30.8 Å². The zero-order valence-corrected chi connectivity index (χ0v) is 13.9. The van der Waals surface area contributed by atoms with Crippen molar-refractivity contribution in [1.29, 1.82) is 0 Å². The molecule has 0 saturated carbocycles. The second-order valence-electron chi connectivity index (χ2n) is 4.03. The summed E-state index contributed by atoms with van der Waals surface area (Å²) in [5, 5.41) is 9.23. The van der Waals surface area contributed by atoms with Crippen molar-refractivity contribution in [1.82, 2.24) is 19.7 Å². The summed E-state index contributed by atoms with van der Waals surface area (Å²) in [5.41, 5.74) is 7.82. The number of aromatic nitrogens is 4. The summed E-state index contributed by atoms with van der Waals surface area (Å²) in [6.07, 6.45) is 2.57. The van der Waals surface area contributed by atoms with Crippen molar-refractivity contribution in [3.05, 3.63) is 35.4 Å². The summed E-state index contributed by atoms with van der Waals surface area (Å²) in [4.78, 5) is 4.28. The van der Waals surface area contributed by atoms with Crippen LogP contribution in [0.2, 0.25) is 0 Å². The lowest BCUT2D eigenvalue weighted by atomic mass is 10.2. The summed E-state index contributed by atoms with van der Waals surface area (Å²) in [6.45, 7) is 2.62. The van der Waals surface area contributed by atoms with Gasteiger partial charge in [0.15, 0.2) is 5.16 Å². The van der Waals surface area contributed by atoms with E-state index in [9.17, 15) is 0 Å². The average Bonchev–Trinajstić information content (AvgIpc) is 2.71. The Morgan fingerprint density at radius 2 is 2.05 bits per heavy atom. The van der Waals surface area contributed by atoms with E-state index in [4.69, 9.17) is 5.73 Å². The number of pyridine rings is 1. The number of halogens is 2. The van der Waals surface area contributed by atoms with Gasteiger partial charge >= 0.3 is 0 Å². The minimum atomic E-state index is 0.